The number of carbonyl (C=O) groups excluding carboxylic acids is 2. The number of amides is 2. The zero-order valence-corrected chi connectivity index (χ0v) is 13.2. The lowest BCUT2D eigenvalue weighted by atomic mass is 10.2. The van der Waals surface area contributed by atoms with Crippen LogP contribution in [0.25, 0.3) is 10.9 Å². The number of hydrazine groups is 1. The molecular formula is C17H16N4O3. The molecule has 0 unspecified atom stereocenters. The van der Waals surface area contributed by atoms with Crippen molar-refractivity contribution in [1.82, 2.24) is 20.4 Å². The Morgan fingerprint density at radius 1 is 1.04 bits per heavy atom. The summed E-state index contributed by atoms with van der Waals surface area (Å²) < 4.78 is 6.89. The van der Waals surface area contributed by atoms with Crippen LogP contribution in [0.2, 0.25) is 0 Å². The average Bonchev–Trinajstić information content (AvgIpc) is 2.96. The molecule has 7 nitrogen and oxygen atoms in total. The molecule has 0 atom stereocenters. The van der Waals surface area contributed by atoms with Gasteiger partial charge in [-0.25, -0.2) is 4.98 Å². The predicted octanol–water partition coefficient (Wildman–Crippen LogP) is 1.66. The molecule has 2 amide bonds. The molecule has 0 bridgehead atoms. The summed E-state index contributed by atoms with van der Waals surface area (Å²) >= 11 is 0. The average molecular weight is 324 g/mol. The van der Waals surface area contributed by atoms with Crippen LogP contribution in [0.5, 0.6) is 5.88 Å². The molecule has 3 aromatic rings. The molecule has 0 aliphatic heterocycles. The molecule has 3 rings (SSSR count). The van der Waals surface area contributed by atoms with Crippen LogP contribution in [0.4, 0.5) is 0 Å². The van der Waals surface area contributed by atoms with Crippen molar-refractivity contribution in [2.45, 2.75) is 0 Å². The highest BCUT2D eigenvalue weighted by Gasteiger charge is 2.16. The van der Waals surface area contributed by atoms with Crippen LogP contribution in [-0.4, -0.2) is 28.5 Å². The predicted molar refractivity (Wildman–Crippen MR) is 88.6 cm³/mol. The Morgan fingerprint density at radius 3 is 2.50 bits per heavy atom. The maximum atomic E-state index is 12.4. The summed E-state index contributed by atoms with van der Waals surface area (Å²) in [5.74, 6) is -0.717. The first-order valence-corrected chi connectivity index (χ1v) is 7.25. The summed E-state index contributed by atoms with van der Waals surface area (Å²) in [6, 6.07) is 10.7. The highest BCUT2D eigenvalue weighted by molar-refractivity contribution is 6.08. The molecule has 122 valence electrons. The number of ether oxygens (including phenoxy) is 1. The Kier molecular flexibility index (Phi) is 4.15. The van der Waals surface area contributed by atoms with E-state index in [4.69, 9.17) is 4.74 Å². The fourth-order valence-electron chi connectivity index (χ4n) is 2.50. The Balaban J connectivity index is 1.76. The van der Waals surface area contributed by atoms with E-state index in [0.29, 0.717) is 5.56 Å². The van der Waals surface area contributed by atoms with E-state index in [-0.39, 0.29) is 11.4 Å². The highest BCUT2D eigenvalue weighted by atomic mass is 16.5. The van der Waals surface area contributed by atoms with Gasteiger partial charge in [-0.15, -0.1) is 0 Å². The van der Waals surface area contributed by atoms with Gasteiger partial charge >= 0.3 is 0 Å². The van der Waals surface area contributed by atoms with Gasteiger partial charge in [-0.3, -0.25) is 20.4 Å². The highest BCUT2D eigenvalue weighted by Crippen LogP contribution is 2.20. The summed E-state index contributed by atoms with van der Waals surface area (Å²) in [5, 5.41) is 0.811. The standard InChI is InChI=1S/C17H16N4O3/c1-21-10-13(11-6-3-4-8-14(11)21)16(23)20-19-15(22)12-7-5-9-18-17(12)24-2/h3-10H,1-2H3,(H,19,22)(H,20,23). The topological polar surface area (TPSA) is 85.2 Å². The summed E-state index contributed by atoms with van der Waals surface area (Å²) in [4.78, 5) is 28.5. The number of nitrogens with one attached hydrogen (secondary N) is 2. The van der Waals surface area contributed by atoms with Crippen LogP contribution in [0.1, 0.15) is 20.7 Å². The van der Waals surface area contributed by atoms with Gasteiger partial charge in [-0.05, 0) is 18.2 Å². The van der Waals surface area contributed by atoms with Gasteiger partial charge in [0.2, 0.25) is 5.88 Å². The number of carbonyl (C=O) groups is 2. The van der Waals surface area contributed by atoms with Gasteiger partial charge in [0, 0.05) is 30.3 Å². The first kappa shape index (κ1) is 15.5. The van der Waals surface area contributed by atoms with Gasteiger partial charge in [0.05, 0.1) is 12.7 Å². The molecule has 24 heavy (non-hydrogen) atoms. The van der Waals surface area contributed by atoms with Crippen LogP contribution in [0, 0.1) is 0 Å². The number of rotatable bonds is 3. The number of aryl methyl sites for hydroxylation is 1. The van der Waals surface area contributed by atoms with Crippen LogP contribution in [-0.2, 0) is 7.05 Å². The monoisotopic (exact) mass is 324 g/mol. The van der Waals surface area contributed by atoms with Crippen LogP contribution >= 0.6 is 0 Å². The third kappa shape index (κ3) is 2.79. The number of nitrogens with zero attached hydrogens (tertiary/aromatic N) is 2. The molecule has 0 fully saturated rings. The molecule has 0 saturated carbocycles. The Bertz CT molecular complexity index is 917. The van der Waals surface area contributed by atoms with E-state index in [1.54, 1.807) is 18.3 Å². The minimum Gasteiger partial charge on any atom is -0.480 e. The number of pyridine rings is 1. The van der Waals surface area contributed by atoms with E-state index in [2.05, 4.69) is 15.8 Å². The lowest BCUT2D eigenvalue weighted by Crippen LogP contribution is -2.41. The second-order valence-corrected chi connectivity index (χ2v) is 5.14. The van der Waals surface area contributed by atoms with E-state index in [1.807, 2.05) is 35.9 Å². The number of hydrogen-bond donors (Lipinski definition) is 2. The second kappa shape index (κ2) is 6.41. The van der Waals surface area contributed by atoms with E-state index in [9.17, 15) is 9.59 Å². The largest absolute Gasteiger partial charge is 0.480 e. The minimum atomic E-state index is -0.506. The molecule has 0 spiro atoms. The lowest BCUT2D eigenvalue weighted by molar-refractivity contribution is 0.0845. The van der Waals surface area contributed by atoms with Gasteiger partial charge < -0.3 is 9.30 Å². The van der Waals surface area contributed by atoms with Crippen molar-refractivity contribution in [3.8, 4) is 5.88 Å². The smallest absolute Gasteiger partial charge is 0.275 e. The molecule has 0 saturated heterocycles. The molecule has 0 aliphatic rings. The van der Waals surface area contributed by atoms with Crippen molar-refractivity contribution in [2.24, 2.45) is 7.05 Å². The summed E-state index contributed by atoms with van der Waals surface area (Å²) in [6.45, 7) is 0. The molecule has 0 aliphatic carbocycles. The summed E-state index contributed by atoms with van der Waals surface area (Å²) in [6.07, 6.45) is 3.24. The zero-order chi connectivity index (χ0) is 17.1. The summed E-state index contributed by atoms with van der Waals surface area (Å²) in [5.41, 5.74) is 6.44. The number of methoxy groups -OCH3 is 1. The van der Waals surface area contributed by atoms with Crippen molar-refractivity contribution in [1.29, 1.82) is 0 Å². The van der Waals surface area contributed by atoms with Gasteiger partial charge in [0.1, 0.15) is 5.56 Å². The maximum absolute atomic E-state index is 12.4. The molecule has 0 radical (unpaired) electrons. The first-order valence-electron chi connectivity index (χ1n) is 7.25. The van der Waals surface area contributed by atoms with Crippen molar-refractivity contribution >= 4 is 22.7 Å². The third-order valence-corrected chi connectivity index (χ3v) is 3.64. The van der Waals surface area contributed by atoms with Crippen molar-refractivity contribution in [2.75, 3.05) is 7.11 Å². The number of benzene rings is 1. The maximum Gasteiger partial charge on any atom is 0.275 e. The molecular weight excluding hydrogens is 308 g/mol. The fourth-order valence-corrected chi connectivity index (χ4v) is 2.50. The Hall–Kier alpha value is -3.35. The number of aromatic nitrogens is 2. The first-order chi connectivity index (χ1) is 11.6. The Morgan fingerprint density at radius 2 is 1.75 bits per heavy atom. The number of fused-ring (bicyclic) bond motifs is 1. The lowest BCUT2D eigenvalue weighted by Gasteiger charge is -2.09. The second-order valence-electron chi connectivity index (χ2n) is 5.14. The van der Waals surface area contributed by atoms with E-state index in [1.165, 1.54) is 13.3 Å². The normalized spacial score (nSPS) is 10.4. The molecule has 2 aromatic heterocycles. The van der Waals surface area contributed by atoms with Gasteiger partial charge in [0.15, 0.2) is 0 Å². The Labute approximate surface area is 138 Å². The van der Waals surface area contributed by atoms with Gasteiger partial charge in [0.25, 0.3) is 11.8 Å². The van der Waals surface area contributed by atoms with Gasteiger partial charge in [-0.1, -0.05) is 18.2 Å². The van der Waals surface area contributed by atoms with E-state index in [0.717, 1.165) is 10.9 Å². The minimum absolute atomic E-state index is 0.189. The van der Waals surface area contributed by atoms with E-state index >= 15 is 0 Å². The molecule has 1 aromatic carbocycles. The fraction of sp³-hybridized carbons (Fsp3) is 0.118. The van der Waals surface area contributed by atoms with Crippen molar-refractivity contribution < 1.29 is 14.3 Å². The van der Waals surface area contributed by atoms with E-state index < -0.39 is 11.8 Å². The molecule has 7 heteroatoms. The molecule has 2 heterocycles. The van der Waals surface area contributed by atoms with Crippen LogP contribution < -0.4 is 15.6 Å². The van der Waals surface area contributed by atoms with Crippen molar-refractivity contribution in [3.63, 3.8) is 0 Å². The summed E-state index contributed by atoms with van der Waals surface area (Å²) in [7, 11) is 3.28. The van der Waals surface area contributed by atoms with Crippen LogP contribution in [0.15, 0.2) is 48.8 Å². The third-order valence-electron chi connectivity index (χ3n) is 3.64. The number of para-hydroxylation sites is 1. The van der Waals surface area contributed by atoms with Crippen LogP contribution in [0.3, 0.4) is 0 Å². The SMILES string of the molecule is COc1ncccc1C(=O)NNC(=O)c1cn(C)c2ccccc12. The van der Waals surface area contributed by atoms with Gasteiger partial charge in [-0.2, -0.15) is 0 Å². The number of hydrogen-bond acceptors (Lipinski definition) is 4. The van der Waals surface area contributed by atoms with Crippen molar-refractivity contribution in [3.05, 3.63) is 59.9 Å². The zero-order valence-electron chi connectivity index (χ0n) is 13.2. The molecule has 2 N–H and O–H groups in total. The quantitative estimate of drug-likeness (QED) is 0.718.